The highest BCUT2D eigenvalue weighted by molar-refractivity contribution is 9.20. The third-order valence-electron chi connectivity index (χ3n) is 1.05. The lowest BCUT2D eigenvalue weighted by Gasteiger charge is -2.28. The van der Waals surface area contributed by atoms with E-state index in [2.05, 4.69) is 0 Å². The molecule has 0 aromatic rings. The summed E-state index contributed by atoms with van der Waals surface area (Å²) in [7, 11) is 0. The van der Waals surface area contributed by atoms with E-state index < -0.39 is 21.4 Å². The summed E-state index contributed by atoms with van der Waals surface area (Å²) >= 11 is 2.99. The first-order chi connectivity index (χ1) is 5.44. The van der Waals surface area contributed by atoms with E-state index in [1.165, 1.54) is 15.9 Å². The van der Waals surface area contributed by atoms with Gasteiger partial charge in [-0.3, -0.25) is 4.79 Å². The van der Waals surface area contributed by atoms with Crippen molar-refractivity contribution in [3.8, 4) is 0 Å². The van der Waals surface area contributed by atoms with Gasteiger partial charge in [-0.1, -0.05) is 15.9 Å². The van der Waals surface area contributed by atoms with Gasteiger partial charge in [-0.2, -0.15) is 26.3 Å². The average molecular weight is 338 g/mol. The molecule has 0 bridgehead atoms. The van der Waals surface area contributed by atoms with Crippen LogP contribution in [0.4, 0.5) is 26.3 Å². The predicted octanol–water partition coefficient (Wildman–Crippen LogP) is 3.17. The summed E-state index contributed by atoms with van der Waals surface area (Å²) in [6.45, 7) is 0. The summed E-state index contributed by atoms with van der Waals surface area (Å²) in [6.07, 6.45) is -11.5. The first kappa shape index (κ1) is 13.2. The first-order valence-corrected chi connectivity index (χ1v) is 4.05. The van der Waals surface area contributed by atoms with Crippen LogP contribution in [0.15, 0.2) is 0 Å². The molecule has 13 heavy (non-hydrogen) atoms. The zero-order chi connectivity index (χ0) is 11.1. The Morgan fingerprint density at radius 2 is 1.15 bits per heavy atom. The molecule has 0 aromatic heterocycles. The van der Waals surface area contributed by atoms with E-state index in [1.807, 2.05) is 0 Å². The van der Waals surface area contributed by atoms with Crippen LogP contribution in [0.1, 0.15) is 0 Å². The summed E-state index contributed by atoms with van der Waals surface area (Å²) in [5.74, 6) is 0. The van der Waals surface area contributed by atoms with Crippen molar-refractivity contribution in [1.82, 2.24) is 0 Å². The van der Waals surface area contributed by atoms with Crippen LogP contribution in [0.3, 0.4) is 0 Å². The van der Waals surface area contributed by atoms with Crippen molar-refractivity contribution in [3.05, 3.63) is 0 Å². The standard InChI is InChI=1S/C4Br2F6O/c5-1(13)2(6,3(7,8)9)4(10,11)12. The Balaban J connectivity index is 5.35. The van der Waals surface area contributed by atoms with E-state index in [4.69, 9.17) is 0 Å². The topological polar surface area (TPSA) is 17.1 Å². The van der Waals surface area contributed by atoms with Crippen LogP contribution in [-0.4, -0.2) is 21.4 Å². The van der Waals surface area contributed by atoms with Gasteiger partial charge in [0, 0.05) is 0 Å². The van der Waals surface area contributed by atoms with E-state index in [0.29, 0.717) is 0 Å². The lowest BCUT2D eigenvalue weighted by Crippen LogP contribution is -2.55. The fourth-order valence-electron chi connectivity index (χ4n) is 0.384. The highest BCUT2D eigenvalue weighted by atomic mass is 79.9. The summed E-state index contributed by atoms with van der Waals surface area (Å²) in [5.41, 5.74) is 0. The average Bonchev–Trinajstić information content (AvgIpc) is 1.80. The van der Waals surface area contributed by atoms with Gasteiger partial charge in [0.2, 0.25) is 4.69 Å². The molecular weight excluding hydrogens is 338 g/mol. The number of rotatable bonds is 1. The maximum atomic E-state index is 11.8. The molecule has 0 saturated carbocycles. The Bertz CT molecular complexity index is 204. The Hall–Kier alpha value is 0.210. The molecule has 0 atom stereocenters. The fraction of sp³-hybridized carbons (Fsp3) is 0.750. The van der Waals surface area contributed by atoms with Gasteiger partial charge in [0.25, 0.3) is 4.32 Å². The van der Waals surface area contributed by atoms with Gasteiger partial charge < -0.3 is 0 Å². The van der Waals surface area contributed by atoms with Crippen molar-refractivity contribution in [1.29, 1.82) is 0 Å². The van der Waals surface area contributed by atoms with Crippen LogP contribution >= 0.6 is 31.9 Å². The molecule has 0 heterocycles. The van der Waals surface area contributed by atoms with Gasteiger partial charge in [-0.25, -0.2) is 0 Å². The fourth-order valence-corrected chi connectivity index (χ4v) is 0.833. The van der Waals surface area contributed by atoms with Gasteiger partial charge in [0.15, 0.2) is 0 Å². The van der Waals surface area contributed by atoms with Gasteiger partial charge in [0.05, 0.1) is 0 Å². The molecular formula is C4Br2F6O. The number of halogens is 8. The number of hydrogen-bond acceptors (Lipinski definition) is 1. The minimum atomic E-state index is -5.74. The molecule has 0 aliphatic heterocycles. The van der Waals surface area contributed by atoms with Crippen LogP contribution < -0.4 is 0 Å². The largest absolute Gasteiger partial charge is 0.420 e. The van der Waals surface area contributed by atoms with Crippen LogP contribution in [0.5, 0.6) is 0 Å². The van der Waals surface area contributed by atoms with E-state index >= 15 is 0 Å². The highest BCUT2D eigenvalue weighted by Gasteiger charge is 2.73. The zero-order valence-electron chi connectivity index (χ0n) is 5.43. The second kappa shape index (κ2) is 3.41. The van der Waals surface area contributed by atoms with Gasteiger partial charge in [-0.15, -0.1) is 0 Å². The second-order valence-electron chi connectivity index (χ2n) is 1.93. The zero-order valence-corrected chi connectivity index (χ0v) is 8.60. The smallest absolute Gasteiger partial charge is 0.284 e. The molecule has 0 radical (unpaired) electrons. The molecule has 0 spiro atoms. The van der Waals surface area contributed by atoms with Crippen molar-refractivity contribution in [2.24, 2.45) is 0 Å². The van der Waals surface area contributed by atoms with Gasteiger partial charge in [0.1, 0.15) is 0 Å². The third kappa shape index (κ3) is 2.17. The SMILES string of the molecule is O=C(Br)C(Br)(C(F)(F)F)C(F)(F)F. The molecule has 0 unspecified atom stereocenters. The number of hydrogen-bond donors (Lipinski definition) is 0. The Kier molecular flexibility index (Phi) is 3.47. The van der Waals surface area contributed by atoms with Crippen molar-refractivity contribution in [2.45, 2.75) is 16.7 Å². The van der Waals surface area contributed by atoms with Gasteiger partial charge in [-0.05, 0) is 15.9 Å². The molecule has 0 aliphatic carbocycles. The number of alkyl halides is 7. The predicted molar refractivity (Wildman–Crippen MR) is 37.7 cm³/mol. The molecule has 1 nitrogen and oxygen atoms in total. The maximum absolute atomic E-state index is 11.8. The first-order valence-electron chi connectivity index (χ1n) is 2.47. The number of carbonyl (C=O) groups is 1. The Morgan fingerprint density at radius 3 is 1.15 bits per heavy atom. The van der Waals surface area contributed by atoms with Crippen molar-refractivity contribution >= 4 is 36.6 Å². The van der Waals surface area contributed by atoms with Crippen molar-refractivity contribution in [3.63, 3.8) is 0 Å². The molecule has 0 fully saturated rings. The van der Waals surface area contributed by atoms with Crippen LogP contribution in [0.25, 0.3) is 0 Å². The third-order valence-corrected chi connectivity index (χ3v) is 3.44. The van der Waals surface area contributed by atoms with Crippen LogP contribution in [0.2, 0.25) is 0 Å². The molecule has 9 heteroatoms. The second-order valence-corrected chi connectivity index (χ2v) is 3.84. The summed E-state index contributed by atoms with van der Waals surface area (Å²) < 4.78 is 64.2. The normalized spacial score (nSPS) is 14.5. The monoisotopic (exact) mass is 336 g/mol. The molecule has 0 saturated heterocycles. The minimum Gasteiger partial charge on any atom is -0.284 e. The van der Waals surface area contributed by atoms with E-state index in [-0.39, 0.29) is 0 Å². The van der Waals surface area contributed by atoms with Crippen molar-refractivity contribution < 1.29 is 31.1 Å². The van der Waals surface area contributed by atoms with Crippen molar-refractivity contribution in [2.75, 3.05) is 0 Å². The summed E-state index contributed by atoms with van der Waals surface area (Å²) in [6, 6.07) is 0. The van der Waals surface area contributed by atoms with Crippen LogP contribution in [-0.2, 0) is 4.79 Å². The summed E-state index contributed by atoms with van der Waals surface area (Å²) in [4.78, 5) is 10.2. The maximum Gasteiger partial charge on any atom is 0.420 e. The van der Waals surface area contributed by atoms with E-state index in [9.17, 15) is 31.1 Å². The van der Waals surface area contributed by atoms with Crippen LogP contribution in [0, 0.1) is 0 Å². The molecule has 0 rings (SSSR count). The molecule has 0 aromatic carbocycles. The molecule has 0 amide bonds. The lowest BCUT2D eigenvalue weighted by atomic mass is 10.1. The lowest BCUT2D eigenvalue weighted by molar-refractivity contribution is -0.250. The quantitative estimate of drug-likeness (QED) is 0.408. The van der Waals surface area contributed by atoms with E-state index in [1.54, 1.807) is 15.9 Å². The molecule has 0 aliphatic rings. The van der Waals surface area contributed by atoms with Gasteiger partial charge >= 0.3 is 12.4 Å². The number of carbonyl (C=O) groups excluding carboxylic acids is 1. The Morgan fingerprint density at radius 1 is 0.923 bits per heavy atom. The summed E-state index contributed by atoms with van der Waals surface area (Å²) in [5, 5.41) is 0. The Labute approximate surface area is 84.7 Å². The van der Waals surface area contributed by atoms with E-state index in [0.717, 1.165) is 0 Å². The minimum absolute atomic E-state index is 1.34. The molecule has 78 valence electrons. The molecule has 0 N–H and O–H groups in total. The highest BCUT2D eigenvalue weighted by Crippen LogP contribution is 2.50.